The molecule has 0 unspecified atom stereocenters. The van der Waals surface area contributed by atoms with E-state index in [9.17, 15) is 9.59 Å². The maximum atomic E-state index is 12.8. The summed E-state index contributed by atoms with van der Waals surface area (Å²) in [4.78, 5) is 31.6. The van der Waals surface area contributed by atoms with Crippen LogP contribution in [0, 0.1) is 13.8 Å². The molecule has 8 heteroatoms. The minimum absolute atomic E-state index is 0.103. The number of nitrogens with zero attached hydrogens (tertiary/aromatic N) is 4. The molecule has 4 rings (SSSR count). The minimum atomic E-state index is -0.112. The number of aromatic nitrogens is 2. The summed E-state index contributed by atoms with van der Waals surface area (Å²) in [6.07, 6.45) is 7.22. The monoisotopic (exact) mass is 409 g/mol. The highest BCUT2D eigenvalue weighted by molar-refractivity contribution is 8.14. The molecule has 2 aromatic rings. The van der Waals surface area contributed by atoms with E-state index >= 15 is 0 Å². The van der Waals surface area contributed by atoms with Gasteiger partial charge in [0.25, 0.3) is 5.91 Å². The lowest BCUT2D eigenvalue weighted by atomic mass is 10.1. The minimum Gasteiger partial charge on any atom is -0.325 e. The van der Waals surface area contributed by atoms with Crippen LogP contribution in [0.2, 0.25) is 0 Å². The van der Waals surface area contributed by atoms with E-state index in [-0.39, 0.29) is 23.6 Å². The molecule has 2 heterocycles. The van der Waals surface area contributed by atoms with Gasteiger partial charge in [-0.2, -0.15) is 5.10 Å². The zero-order valence-electron chi connectivity index (χ0n) is 16.7. The van der Waals surface area contributed by atoms with Crippen molar-refractivity contribution in [3.63, 3.8) is 0 Å². The molecule has 1 saturated carbocycles. The summed E-state index contributed by atoms with van der Waals surface area (Å²) in [5, 5.41) is 7.68. The normalized spacial score (nSPS) is 17.8. The third kappa shape index (κ3) is 4.27. The first kappa shape index (κ1) is 19.4. The Bertz CT molecular complexity index is 1040. The van der Waals surface area contributed by atoms with E-state index in [1.54, 1.807) is 21.9 Å². The first-order valence-electron chi connectivity index (χ1n) is 9.54. The molecule has 0 spiro atoms. The molecule has 0 atom stereocenters. The summed E-state index contributed by atoms with van der Waals surface area (Å²) in [5.74, 6) is -0.0174. The Morgan fingerprint density at radius 1 is 1.34 bits per heavy atom. The number of amidine groups is 1. The average molecular weight is 410 g/mol. The lowest BCUT2D eigenvalue weighted by Gasteiger charge is -2.16. The van der Waals surface area contributed by atoms with Crippen molar-refractivity contribution in [2.24, 2.45) is 12.0 Å². The van der Waals surface area contributed by atoms with Gasteiger partial charge in [0, 0.05) is 30.5 Å². The molecule has 1 fully saturated rings. The van der Waals surface area contributed by atoms with Crippen LogP contribution in [-0.4, -0.2) is 43.5 Å². The number of aliphatic imine (C=N–C) groups is 1. The molecule has 1 aliphatic heterocycles. The predicted molar refractivity (Wildman–Crippen MR) is 115 cm³/mol. The van der Waals surface area contributed by atoms with Crippen molar-refractivity contribution in [3.05, 3.63) is 53.0 Å². The molecule has 0 radical (unpaired) electrons. The molecule has 0 bridgehead atoms. The Morgan fingerprint density at radius 2 is 2.14 bits per heavy atom. The van der Waals surface area contributed by atoms with Crippen molar-refractivity contribution in [1.29, 1.82) is 0 Å². The number of amides is 2. The largest absolute Gasteiger partial charge is 0.325 e. The first-order chi connectivity index (χ1) is 13.9. The van der Waals surface area contributed by atoms with Crippen molar-refractivity contribution in [2.75, 3.05) is 11.1 Å². The second-order valence-electron chi connectivity index (χ2n) is 7.36. The number of nitrogens with one attached hydrogen (secondary N) is 1. The lowest BCUT2D eigenvalue weighted by Crippen LogP contribution is -2.33. The van der Waals surface area contributed by atoms with Crippen molar-refractivity contribution >= 4 is 40.5 Å². The maximum absolute atomic E-state index is 12.8. The fraction of sp³-hybridized carbons (Fsp3) is 0.333. The Kier molecular flexibility index (Phi) is 5.27. The Morgan fingerprint density at radius 3 is 2.83 bits per heavy atom. The third-order valence-corrected chi connectivity index (χ3v) is 5.96. The van der Waals surface area contributed by atoms with Crippen molar-refractivity contribution in [1.82, 2.24) is 14.7 Å². The summed E-state index contributed by atoms with van der Waals surface area (Å²) in [6, 6.07) is 6.03. The molecule has 2 amide bonds. The topological polar surface area (TPSA) is 79.6 Å². The highest BCUT2D eigenvalue weighted by Gasteiger charge is 2.41. The zero-order valence-corrected chi connectivity index (χ0v) is 17.5. The number of rotatable bonds is 5. The number of aryl methyl sites for hydroxylation is 2. The summed E-state index contributed by atoms with van der Waals surface area (Å²) in [5.41, 5.74) is 4.22. The van der Waals surface area contributed by atoms with Gasteiger partial charge in [0.1, 0.15) is 5.70 Å². The molecule has 29 heavy (non-hydrogen) atoms. The van der Waals surface area contributed by atoms with Gasteiger partial charge in [-0.15, -0.1) is 0 Å². The van der Waals surface area contributed by atoms with E-state index < -0.39 is 0 Å². The van der Waals surface area contributed by atoms with Gasteiger partial charge < -0.3 is 5.32 Å². The molecule has 1 N–H and O–H groups in total. The number of thioether (sulfide) groups is 1. The lowest BCUT2D eigenvalue weighted by molar-refractivity contribution is -0.123. The highest BCUT2D eigenvalue weighted by atomic mass is 32.2. The van der Waals surface area contributed by atoms with Crippen LogP contribution in [0.4, 0.5) is 5.69 Å². The first-order valence-corrected chi connectivity index (χ1v) is 10.5. The molecular formula is C21H23N5O2S. The fourth-order valence-corrected chi connectivity index (χ4v) is 4.01. The smallest absolute Gasteiger partial charge is 0.278 e. The van der Waals surface area contributed by atoms with Gasteiger partial charge in [0.2, 0.25) is 5.91 Å². The Hall–Kier alpha value is -2.87. The van der Waals surface area contributed by atoms with Gasteiger partial charge in [0.15, 0.2) is 5.17 Å². The zero-order chi connectivity index (χ0) is 20.5. The number of anilines is 1. The summed E-state index contributed by atoms with van der Waals surface area (Å²) in [6.45, 7) is 4.00. The van der Waals surface area contributed by atoms with Crippen LogP contribution < -0.4 is 5.32 Å². The van der Waals surface area contributed by atoms with E-state index in [4.69, 9.17) is 0 Å². The van der Waals surface area contributed by atoms with Gasteiger partial charge >= 0.3 is 0 Å². The Balaban J connectivity index is 1.46. The van der Waals surface area contributed by atoms with Crippen molar-refractivity contribution < 1.29 is 9.59 Å². The van der Waals surface area contributed by atoms with Crippen LogP contribution in [0.25, 0.3) is 6.08 Å². The van der Waals surface area contributed by atoms with E-state index in [0.29, 0.717) is 10.9 Å². The number of hydrogen-bond acceptors (Lipinski definition) is 5. The van der Waals surface area contributed by atoms with E-state index in [2.05, 4.69) is 15.4 Å². The van der Waals surface area contributed by atoms with E-state index in [1.807, 2.05) is 45.3 Å². The van der Waals surface area contributed by atoms with Crippen LogP contribution in [0.1, 0.15) is 29.5 Å². The van der Waals surface area contributed by atoms with Crippen LogP contribution in [-0.2, 0) is 16.6 Å². The molecule has 1 aliphatic carbocycles. The second kappa shape index (κ2) is 7.87. The molecule has 0 saturated heterocycles. The summed E-state index contributed by atoms with van der Waals surface area (Å²) >= 11 is 1.30. The standard InChI is InChI=1S/C21H23N5O2S/c1-13-5-4-6-17(14(13)2)23-19(27)12-29-21-24-18(9-15-10-22-25(3)11-15)20(28)26(21)16-7-8-16/h4-6,9-11,16H,7-8,12H2,1-3H3,(H,23,27)/b18-9-. The van der Waals surface area contributed by atoms with Gasteiger partial charge in [-0.1, -0.05) is 23.9 Å². The molecule has 7 nitrogen and oxygen atoms in total. The average Bonchev–Trinajstić information content (AvgIpc) is 3.36. The second-order valence-corrected chi connectivity index (χ2v) is 8.30. The van der Waals surface area contributed by atoms with E-state index in [0.717, 1.165) is 35.2 Å². The fourth-order valence-electron chi connectivity index (χ4n) is 3.14. The number of carbonyl (C=O) groups is 2. The molecule has 1 aromatic carbocycles. The number of hydrogen-bond donors (Lipinski definition) is 1. The van der Waals surface area contributed by atoms with Crippen molar-refractivity contribution in [2.45, 2.75) is 32.7 Å². The quantitative estimate of drug-likeness (QED) is 0.770. The SMILES string of the molecule is Cc1cccc(NC(=O)CSC2=N/C(=C\c3cnn(C)c3)C(=O)N2C2CC2)c1C. The molecular weight excluding hydrogens is 386 g/mol. The predicted octanol–water partition coefficient (Wildman–Crippen LogP) is 3.11. The van der Waals surface area contributed by atoms with E-state index in [1.165, 1.54) is 11.8 Å². The Labute approximate surface area is 173 Å². The molecule has 150 valence electrons. The van der Waals surface area contributed by atoms with Crippen molar-refractivity contribution in [3.8, 4) is 0 Å². The van der Waals surface area contributed by atoms with Gasteiger partial charge in [0.05, 0.1) is 11.9 Å². The van der Waals surface area contributed by atoms with Crippen LogP contribution in [0.15, 0.2) is 41.3 Å². The summed E-state index contributed by atoms with van der Waals surface area (Å²) < 4.78 is 1.68. The van der Waals surface area contributed by atoms with Gasteiger partial charge in [-0.25, -0.2) is 4.99 Å². The highest BCUT2D eigenvalue weighted by Crippen LogP contribution is 2.35. The molecule has 2 aliphatic rings. The number of benzene rings is 1. The maximum Gasteiger partial charge on any atom is 0.278 e. The van der Waals surface area contributed by atoms with Gasteiger partial charge in [-0.05, 0) is 50.0 Å². The third-order valence-electron chi connectivity index (χ3n) is 5.01. The van der Waals surface area contributed by atoms with Crippen LogP contribution in [0.5, 0.6) is 0 Å². The number of carbonyl (C=O) groups excluding carboxylic acids is 2. The van der Waals surface area contributed by atoms with Crippen LogP contribution in [0.3, 0.4) is 0 Å². The molecule has 1 aromatic heterocycles. The van der Waals surface area contributed by atoms with Gasteiger partial charge in [-0.3, -0.25) is 19.2 Å². The summed E-state index contributed by atoms with van der Waals surface area (Å²) in [7, 11) is 1.83. The van der Waals surface area contributed by atoms with Crippen LogP contribution >= 0.6 is 11.8 Å².